The predicted octanol–water partition coefficient (Wildman–Crippen LogP) is 2.27. The van der Waals surface area contributed by atoms with Crippen molar-refractivity contribution in [2.45, 2.75) is 44.9 Å². The van der Waals surface area contributed by atoms with Gasteiger partial charge < -0.3 is 10.0 Å². The molecule has 0 spiro atoms. The summed E-state index contributed by atoms with van der Waals surface area (Å²) >= 11 is 0. The Morgan fingerprint density at radius 3 is 2.65 bits per heavy atom. The zero-order chi connectivity index (χ0) is 17.1. The maximum Gasteiger partial charge on any atom is 0.253 e. The number of amides is 1. The lowest BCUT2D eigenvalue weighted by Crippen LogP contribution is -2.61. The molecular weight excluding hydrogens is 302 g/mol. The topological polar surface area (TPSA) is 43.8 Å². The van der Waals surface area contributed by atoms with Gasteiger partial charge in [0, 0.05) is 37.8 Å². The fourth-order valence-corrected chi connectivity index (χ4v) is 2.92. The molecule has 2 rings (SSSR count). The fraction of sp³-hybridized carbons (Fsp3) is 0.588. The molecule has 1 aliphatic heterocycles. The first kappa shape index (κ1) is 17.8. The van der Waals surface area contributed by atoms with Gasteiger partial charge in [-0.1, -0.05) is 13.3 Å². The standard InChI is InChI=1S/C17H24F2N2O2/c1-4-5-13(9-21-10-16(22)11(21)2)20(3)17(23)12-6-7-14(18)15(19)8-12/h6-8,11,13,16,22H,4-5,9-10H2,1-3H3/t11-,13?,16-/m1/s1. The first-order valence-corrected chi connectivity index (χ1v) is 7.99. The van der Waals surface area contributed by atoms with E-state index in [0.717, 1.165) is 25.0 Å². The average molecular weight is 326 g/mol. The van der Waals surface area contributed by atoms with Crippen LogP contribution < -0.4 is 0 Å². The monoisotopic (exact) mass is 326 g/mol. The Labute approximate surface area is 135 Å². The Kier molecular flexibility index (Phi) is 5.70. The van der Waals surface area contributed by atoms with Gasteiger partial charge in [0.2, 0.25) is 0 Å². The van der Waals surface area contributed by atoms with Crippen molar-refractivity contribution in [3.63, 3.8) is 0 Å². The van der Waals surface area contributed by atoms with Crippen LogP contribution in [-0.4, -0.2) is 59.1 Å². The molecule has 1 heterocycles. The number of rotatable bonds is 6. The number of carbonyl (C=O) groups excluding carboxylic acids is 1. The molecule has 0 aromatic heterocycles. The van der Waals surface area contributed by atoms with E-state index in [9.17, 15) is 18.7 Å². The van der Waals surface area contributed by atoms with E-state index in [2.05, 4.69) is 4.90 Å². The second kappa shape index (κ2) is 7.36. The van der Waals surface area contributed by atoms with E-state index in [1.54, 1.807) is 11.9 Å². The van der Waals surface area contributed by atoms with Gasteiger partial charge in [0.25, 0.3) is 5.91 Å². The smallest absolute Gasteiger partial charge is 0.253 e. The van der Waals surface area contributed by atoms with Gasteiger partial charge in [0.05, 0.1) is 6.10 Å². The highest BCUT2D eigenvalue weighted by molar-refractivity contribution is 5.94. The van der Waals surface area contributed by atoms with Gasteiger partial charge in [0.15, 0.2) is 11.6 Å². The summed E-state index contributed by atoms with van der Waals surface area (Å²) in [6.45, 7) is 5.26. The number of β-amino-alcohol motifs (C(OH)–C–C–N with tert-alkyl or cyclic N) is 1. The Hall–Kier alpha value is -1.53. The molecule has 1 unspecified atom stereocenters. The first-order chi connectivity index (χ1) is 10.8. The minimum atomic E-state index is -1.02. The number of likely N-dealkylation sites (N-methyl/N-ethyl adjacent to an activating group) is 1. The first-order valence-electron chi connectivity index (χ1n) is 7.99. The molecule has 1 aromatic carbocycles. The largest absolute Gasteiger partial charge is 0.390 e. The molecule has 4 nitrogen and oxygen atoms in total. The number of aliphatic hydroxyl groups excluding tert-OH is 1. The summed E-state index contributed by atoms with van der Waals surface area (Å²) in [5, 5.41) is 9.61. The summed E-state index contributed by atoms with van der Waals surface area (Å²) in [6, 6.07) is 3.26. The minimum absolute atomic E-state index is 0.0319. The van der Waals surface area contributed by atoms with Crippen LogP contribution in [0.2, 0.25) is 0 Å². The van der Waals surface area contributed by atoms with Crippen LogP contribution >= 0.6 is 0 Å². The van der Waals surface area contributed by atoms with E-state index < -0.39 is 11.6 Å². The molecule has 3 atom stereocenters. The summed E-state index contributed by atoms with van der Waals surface area (Å²) in [5.41, 5.74) is 0.143. The number of aliphatic hydroxyl groups is 1. The SMILES string of the molecule is CCCC(CN1C[C@@H](O)[C@H]1C)N(C)C(=O)c1ccc(F)c(F)c1. The van der Waals surface area contributed by atoms with Crippen LogP contribution in [0.4, 0.5) is 8.78 Å². The lowest BCUT2D eigenvalue weighted by molar-refractivity contribution is -0.0614. The van der Waals surface area contributed by atoms with Crippen molar-refractivity contribution in [3.8, 4) is 0 Å². The quantitative estimate of drug-likeness (QED) is 0.872. The molecule has 23 heavy (non-hydrogen) atoms. The molecule has 1 aliphatic rings. The van der Waals surface area contributed by atoms with Crippen LogP contribution in [0.25, 0.3) is 0 Å². The van der Waals surface area contributed by atoms with E-state index in [0.29, 0.717) is 13.1 Å². The Morgan fingerprint density at radius 2 is 2.13 bits per heavy atom. The van der Waals surface area contributed by atoms with Crippen molar-refractivity contribution >= 4 is 5.91 Å². The molecule has 1 amide bonds. The lowest BCUT2D eigenvalue weighted by atomic mass is 9.98. The molecule has 0 aliphatic carbocycles. The molecule has 1 aromatic rings. The van der Waals surface area contributed by atoms with Crippen molar-refractivity contribution in [3.05, 3.63) is 35.4 Å². The highest BCUT2D eigenvalue weighted by Crippen LogP contribution is 2.21. The van der Waals surface area contributed by atoms with Crippen LogP contribution in [0.1, 0.15) is 37.0 Å². The molecule has 1 fully saturated rings. The number of benzene rings is 1. The summed E-state index contributed by atoms with van der Waals surface area (Å²) in [6.07, 6.45) is 1.40. The van der Waals surface area contributed by atoms with Gasteiger partial charge in [-0.05, 0) is 31.5 Å². The molecule has 0 radical (unpaired) electrons. The van der Waals surface area contributed by atoms with E-state index >= 15 is 0 Å². The van der Waals surface area contributed by atoms with Crippen LogP contribution in [0.15, 0.2) is 18.2 Å². The average Bonchev–Trinajstić information content (AvgIpc) is 2.54. The highest BCUT2D eigenvalue weighted by atomic mass is 19.2. The normalized spacial score (nSPS) is 22.5. The van der Waals surface area contributed by atoms with E-state index in [1.807, 2.05) is 13.8 Å². The maximum atomic E-state index is 13.3. The van der Waals surface area contributed by atoms with E-state index in [1.165, 1.54) is 6.07 Å². The van der Waals surface area contributed by atoms with Gasteiger partial charge in [0.1, 0.15) is 0 Å². The summed E-state index contributed by atoms with van der Waals surface area (Å²) in [4.78, 5) is 16.2. The van der Waals surface area contributed by atoms with Crippen LogP contribution in [-0.2, 0) is 0 Å². The summed E-state index contributed by atoms with van der Waals surface area (Å²) < 4.78 is 26.4. The molecule has 128 valence electrons. The molecule has 1 saturated heterocycles. The van der Waals surface area contributed by atoms with E-state index in [-0.39, 0.29) is 29.7 Å². The minimum Gasteiger partial charge on any atom is -0.390 e. The molecule has 0 bridgehead atoms. The van der Waals surface area contributed by atoms with Crippen LogP contribution in [0.5, 0.6) is 0 Å². The van der Waals surface area contributed by atoms with Gasteiger partial charge >= 0.3 is 0 Å². The molecular formula is C17H24F2N2O2. The van der Waals surface area contributed by atoms with Crippen LogP contribution in [0.3, 0.4) is 0 Å². The van der Waals surface area contributed by atoms with Gasteiger partial charge in [-0.15, -0.1) is 0 Å². The van der Waals surface area contributed by atoms with Gasteiger partial charge in [-0.3, -0.25) is 9.69 Å². The van der Waals surface area contributed by atoms with Crippen LogP contribution in [0, 0.1) is 11.6 Å². The second-order valence-electron chi connectivity index (χ2n) is 6.25. The Balaban J connectivity index is 2.08. The van der Waals surface area contributed by atoms with Crippen molar-refractivity contribution in [2.24, 2.45) is 0 Å². The number of carbonyl (C=O) groups is 1. The summed E-state index contributed by atoms with van der Waals surface area (Å²) in [5.74, 6) is -2.30. The third kappa shape index (κ3) is 3.87. The number of nitrogens with zero attached hydrogens (tertiary/aromatic N) is 2. The number of hydrogen-bond donors (Lipinski definition) is 1. The molecule has 0 saturated carbocycles. The Bertz CT molecular complexity index is 568. The van der Waals surface area contributed by atoms with Gasteiger partial charge in [-0.2, -0.15) is 0 Å². The van der Waals surface area contributed by atoms with Crippen molar-refractivity contribution < 1.29 is 18.7 Å². The van der Waals surface area contributed by atoms with E-state index in [4.69, 9.17) is 0 Å². The predicted molar refractivity (Wildman–Crippen MR) is 84.2 cm³/mol. The van der Waals surface area contributed by atoms with Crippen molar-refractivity contribution in [2.75, 3.05) is 20.1 Å². The number of likely N-dealkylation sites (tertiary alicyclic amines) is 1. The van der Waals surface area contributed by atoms with Gasteiger partial charge in [-0.25, -0.2) is 8.78 Å². The Morgan fingerprint density at radius 1 is 1.43 bits per heavy atom. The summed E-state index contributed by atoms with van der Waals surface area (Å²) in [7, 11) is 1.69. The third-order valence-electron chi connectivity index (χ3n) is 4.66. The zero-order valence-electron chi connectivity index (χ0n) is 13.8. The van der Waals surface area contributed by atoms with Crippen molar-refractivity contribution in [1.29, 1.82) is 0 Å². The maximum absolute atomic E-state index is 13.3. The fourth-order valence-electron chi connectivity index (χ4n) is 2.92. The number of halogens is 2. The second-order valence-corrected chi connectivity index (χ2v) is 6.25. The number of hydrogen-bond acceptors (Lipinski definition) is 3. The highest BCUT2D eigenvalue weighted by Gasteiger charge is 2.36. The lowest BCUT2D eigenvalue weighted by Gasteiger charge is -2.46. The zero-order valence-corrected chi connectivity index (χ0v) is 13.8. The molecule has 6 heteroatoms. The van der Waals surface area contributed by atoms with Crippen molar-refractivity contribution in [1.82, 2.24) is 9.80 Å². The molecule has 1 N–H and O–H groups in total. The third-order valence-corrected chi connectivity index (χ3v) is 4.66.